The van der Waals surface area contributed by atoms with E-state index in [0.29, 0.717) is 5.41 Å². The number of aliphatic hydroxyl groups is 2. The molecule has 0 aromatic carbocycles. The van der Waals surface area contributed by atoms with Crippen LogP contribution in [0.15, 0.2) is 11.6 Å². The molecule has 0 amide bonds. The summed E-state index contributed by atoms with van der Waals surface area (Å²) in [5, 5.41) is 20.7. The molecule has 0 saturated heterocycles. The zero-order chi connectivity index (χ0) is 19.9. The van der Waals surface area contributed by atoms with Crippen LogP contribution >= 0.6 is 0 Å². The summed E-state index contributed by atoms with van der Waals surface area (Å²) in [6.07, 6.45) is 18.0. The second-order valence-electron chi connectivity index (χ2n) is 11.2. The molecule has 0 aliphatic heterocycles. The minimum absolute atomic E-state index is 0.0873. The molecule has 0 bridgehead atoms. The quantitative estimate of drug-likeness (QED) is 0.527. The number of allylic oxidation sites excluding steroid dienone is 1. The zero-order valence-electron chi connectivity index (χ0n) is 18.6. The minimum atomic E-state index is -0.417. The number of hydrogen-bond donors (Lipinski definition) is 2. The Hall–Kier alpha value is -0.340. The van der Waals surface area contributed by atoms with E-state index in [1.807, 2.05) is 0 Å². The second-order valence-corrected chi connectivity index (χ2v) is 11.2. The first kappa shape index (κ1) is 20.9. The lowest BCUT2D eigenvalue weighted by Gasteiger charge is -2.54. The van der Waals surface area contributed by atoms with Crippen LogP contribution in [0.25, 0.3) is 0 Å². The van der Waals surface area contributed by atoms with Gasteiger partial charge in [0.05, 0.1) is 11.7 Å². The van der Waals surface area contributed by atoms with Crippen LogP contribution in [0, 0.1) is 35.0 Å². The third-order valence-electron chi connectivity index (χ3n) is 10.0. The maximum absolute atomic E-state index is 10.8. The molecule has 0 spiro atoms. The van der Waals surface area contributed by atoms with Crippen molar-refractivity contribution < 1.29 is 10.2 Å². The molecule has 4 aliphatic carbocycles. The average Bonchev–Trinajstić information content (AvgIpc) is 3.04. The van der Waals surface area contributed by atoms with Gasteiger partial charge in [0.1, 0.15) is 0 Å². The molecule has 4 aliphatic rings. The molecule has 0 heterocycles. The maximum Gasteiger partial charge on any atom is 0.0682 e. The number of hydrogen-bond acceptors (Lipinski definition) is 2. The van der Waals surface area contributed by atoms with Crippen LogP contribution in [0.2, 0.25) is 0 Å². The Bertz CT molecular complexity index is 583. The van der Waals surface area contributed by atoms with Crippen molar-refractivity contribution in [2.75, 3.05) is 0 Å². The molecule has 3 saturated carbocycles. The summed E-state index contributed by atoms with van der Waals surface area (Å²) in [7, 11) is 0. The van der Waals surface area contributed by atoms with E-state index in [2.05, 4.69) is 26.8 Å². The molecule has 2 N–H and O–H groups in total. The molecular weight excluding hydrogens is 344 g/mol. The largest absolute Gasteiger partial charge is 0.393 e. The summed E-state index contributed by atoms with van der Waals surface area (Å²) in [5.41, 5.74) is 1.74. The molecule has 3 fully saturated rings. The number of rotatable bonds is 6. The fourth-order valence-corrected chi connectivity index (χ4v) is 8.05. The van der Waals surface area contributed by atoms with Gasteiger partial charge in [-0.25, -0.2) is 0 Å². The first-order valence-corrected chi connectivity index (χ1v) is 12.5. The summed E-state index contributed by atoms with van der Waals surface area (Å²) in [4.78, 5) is 0. The van der Waals surface area contributed by atoms with Gasteiger partial charge in [-0.2, -0.15) is 0 Å². The number of fused-ring (bicyclic) bond motifs is 5. The first-order valence-electron chi connectivity index (χ1n) is 12.5. The van der Waals surface area contributed by atoms with Gasteiger partial charge in [-0.3, -0.25) is 0 Å². The highest BCUT2D eigenvalue weighted by Gasteiger charge is 2.55. The SMILES string of the molecule is CCC(O)CCC[C@H]1CC[C@H]2[C@@H]3CC=C4C[C@](O)(CC)CC[C@@H]4[C@H]3CC[C@]12C. The molecule has 0 radical (unpaired) electrons. The van der Waals surface area contributed by atoms with E-state index < -0.39 is 5.60 Å². The molecule has 1 unspecified atom stereocenters. The van der Waals surface area contributed by atoms with Gasteiger partial charge in [-0.1, -0.05) is 38.8 Å². The van der Waals surface area contributed by atoms with E-state index in [-0.39, 0.29) is 6.10 Å². The third-order valence-corrected chi connectivity index (χ3v) is 10.0. The smallest absolute Gasteiger partial charge is 0.0682 e. The lowest BCUT2D eigenvalue weighted by Crippen LogP contribution is -2.47. The minimum Gasteiger partial charge on any atom is -0.393 e. The van der Waals surface area contributed by atoms with Crippen molar-refractivity contribution >= 4 is 0 Å². The normalized spacial score (nSPS) is 46.3. The van der Waals surface area contributed by atoms with Crippen LogP contribution in [0.1, 0.15) is 104 Å². The van der Waals surface area contributed by atoms with Crippen molar-refractivity contribution in [3.63, 3.8) is 0 Å². The predicted octanol–water partition coefficient (Wildman–Crippen LogP) is 6.26. The van der Waals surface area contributed by atoms with Gasteiger partial charge in [-0.05, 0) is 112 Å². The van der Waals surface area contributed by atoms with Crippen LogP contribution in [0.4, 0.5) is 0 Å². The summed E-state index contributed by atoms with van der Waals surface area (Å²) in [6.45, 7) is 6.87. The van der Waals surface area contributed by atoms with Crippen LogP contribution < -0.4 is 0 Å². The van der Waals surface area contributed by atoms with Crippen molar-refractivity contribution in [3.05, 3.63) is 11.6 Å². The molecule has 160 valence electrons. The highest BCUT2D eigenvalue weighted by molar-refractivity contribution is 5.21. The molecule has 8 atom stereocenters. The van der Waals surface area contributed by atoms with Crippen molar-refractivity contribution in [1.29, 1.82) is 0 Å². The standard InChI is InChI=1S/C26H44O2/c1-4-20(27)8-6-7-19-10-12-24-23-11-9-18-17-26(28,5-2)16-14-21(18)22(23)13-15-25(19,24)3/h9,19-24,27-28H,4-8,10-17H2,1-3H3/t19-,20?,21-,22+,23+,24-,25+,26-/m0/s1. The van der Waals surface area contributed by atoms with Gasteiger partial charge in [0.15, 0.2) is 0 Å². The first-order chi connectivity index (χ1) is 13.4. The topological polar surface area (TPSA) is 40.5 Å². The van der Waals surface area contributed by atoms with E-state index in [4.69, 9.17) is 0 Å². The summed E-state index contributed by atoms with van der Waals surface area (Å²) in [5.74, 6) is 4.35. The van der Waals surface area contributed by atoms with E-state index >= 15 is 0 Å². The Morgan fingerprint density at radius 3 is 2.68 bits per heavy atom. The molecule has 2 heteroatoms. The van der Waals surface area contributed by atoms with Crippen LogP contribution in [-0.4, -0.2) is 21.9 Å². The molecule has 0 aromatic rings. The highest BCUT2D eigenvalue weighted by Crippen LogP contribution is 2.64. The molecule has 4 rings (SSSR count). The monoisotopic (exact) mass is 388 g/mol. The summed E-state index contributed by atoms with van der Waals surface area (Å²) < 4.78 is 0. The molecule has 0 aromatic heterocycles. The van der Waals surface area contributed by atoms with E-state index in [0.717, 1.165) is 61.7 Å². The van der Waals surface area contributed by atoms with Crippen molar-refractivity contribution in [2.24, 2.45) is 35.0 Å². The number of aliphatic hydroxyl groups excluding tert-OH is 1. The van der Waals surface area contributed by atoms with Gasteiger partial charge >= 0.3 is 0 Å². The fourth-order valence-electron chi connectivity index (χ4n) is 8.05. The van der Waals surface area contributed by atoms with Crippen LogP contribution in [0.5, 0.6) is 0 Å². The lowest BCUT2D eigenvalue weighted by molar-refractivity contribution is -0.0408. The van der Waals surface area contributed by atoms with E-state index in [1.165, 1.54) is 51.4 Å². The Morgan fingerprint density at radius 1 is 1.11 bits per heavy atom. The van der Waals surface area contributed by atoms with E-state index in [1.54, 1.807) is 5.57 Å². The van der Waals surface area contributed by atoms with E-state index in [9.17, 15) is 10.2 Å². The Kier molecular flexibility index (Phi) is 6.02. The van der Waals surface area contributed by atoms with Crippen molar-refractivity contribution in [2.45, 2.75) is 116 Å². The maximum atomic E-state index is 10.8. The van der Waals surface area contributed by atoms with Crippen molar-refractivity contribution in [3.8, 4) is 0 Å². The predicted molar refractivity (Wildman–Crippen MR) is 116 cm³/mol. The van der Waals surface area contributed by atoms with Gasteiger partial charge in [0.2, 0.25) is 0 Å². The lowest BCUT2D eigenvalue weighted by atomic mass is 9.51. The molecule has 28 heavy (non-hydrogen) atoms. The Morgan fingerprint density at radius 2 is 1.93 bits per heavy atom. The fraction of sp³-hybridized carbons (Fsp3) is 0.923. The Balaban J connectivity index is 1.43. The highest BCUT2D eigenvalue weighted by atomic mass is 16.3. The average molecular weight is 389 g/mol. The Labute approximate surface area is 173 Å². The van der Waals surface area contributed by atoms with Crippen LogP contribution in [-0.2, 0) is 0 Å². The third kappa shape index (κ3) is 3.62. The summed E-state index contributed by atoms with van der Waals surface area (Å²) >= 11 is 0. The van der Waals surface area contributed by atoms with Gasteiger partial charge in [0, 0.05) is 0 Å². The van der Waals surface area contributed by atoms with Gasteiger partial charge in [-0.15, -0.1) is 0 Å². The summed E-state index contributed by atoms with van der Waals surface area (Å²) in [6, 6.07) is 0. The van der Waals surface area contributed by atoms with Crippen LogP contribution in [0.3, 0.4) is 0 Å². The van der Waals surface area contributed by atoms with Crippen molar-refractivity contribution in [1.82, 2.24) is 0 Å². The zero-order valence-corrected chi connectivity index (χ0v) is 18.6. The molecule has 2 nitrogen and oxygen atoms in total. The second kappa shape index (κ2) is 8.06. The molecular formula is C26H44O2. The van der Waals surface area contributed by atoms with Gasteiger partial charge in [0.25, 0.3) is 0 Å². The van der Waals surface area contributed by atoms with Gasteiger partial charge < -0.3 is 10.2 Å².